The summed E-state index contributed by atoms with van der Waals surface area (Å²) in [6, 6.07) is 1.53. The van der Waals surface area contributed by atoms with Crippen molar-refractivity contribution in [3.05, 3.63) is 0 Å². The van der Waals surface area contributed by atoms with Crippen LogP contribution in [0.5, 0.6) is 0 Å². The largest absolute Gasteiger partial charge is 0.383 e. The summed E-state index contributed by atoms with van der Waals surface area (Å²) < 4.78 is 5.31. The molecule has 3 aliphatic rings. The predicted molar refractivity (Wildman–Crippen MR) is 78.3 cm³/mol. The molecule has 3 nitrogen and oxygen atoms in total. The van der Waals surface area contributed by atoms with Crippen LogP contribution in [-0.2, 0) is 4.74 Å². The minimum Gasteiger partial charge on any atom is -0.383 e. The van der Waals surface area contributed by atoms with Crippen molar-refractivity contribution in [2.45, 2.75) is 57.0 Å². The lowest BCUT2D eigenvalue weighted by Gasteiger charge is -2.44. The second-order valence-electron chi connectivity index (χ2n) is 6.81. The van der Waals surface area contributed by atoms with Crippen LogP contribution in [0.2, 0.25) is 0 Å². The van der Waals surface area contributed by atoms with Gasteiger partial charge in [0.2, 0.25) is 0 Å². The van der Waals surface area contributed by atoms with E-state index in [-0.39, 0.29) is 0 Å². The van der Waals surface area contributed by atoms with Gasteiger partial charge in [0.1, 0.15) is 0 Å². The van der Waals surface area contributed by atoms with E-state index in [0.29, 0.717) is 0 Å². The van der Waals surface area contributed by atoms with Crippen LogP contribution in [0.3, 0.4) is 0 Å². The van der Waals surface area contributed by atoms with Crippen LogP contribution in [0.1, 0.15) is 44.9 Å². The molecule has 0 amide bonds. The average molecular weight is 266 g/mol. The molecule has 0 bridgehead atoms. The fourth-order valence-corrected chi connectivity index (χ4v) is 4.12. The molecule has 2 saturated carbocycles. The molecule has 1 heterocycles. The van der Waals surface area contributed by atoms with E-state index in [1.54, 1.807) is 0 Å². The van der Waals surface area contributed by atoms with E-state index in [9.17, 15) is 0 Å². The van der Waals surface area contributed by atoms with Gasteiger partial charge in [-0.3, -0.25) is 4.90 Å². The first-order valence-corrected chi connectivity index (χ1v) is 8.35. The lowest BCUT2D eigenvalue weighted by molar-refractivity contribution is 0.0583. The Bertz CT molecular complexity index is 274. The second kappa shape index (κ2) is 6.55. The van der Waals surface area contributed by atoms with Crippen LogP contribution in [-0.4, -0.2) is 50.3 Å². The first-order chi connectivity index (χ1) is 9.38. The van der Waals surface area contributed by atoms with E-state index in [4.69, 9.17) is 4.74 Å². The molecule has 3 rings (SSSR count). The van der Waals surface area contributed by atoms with Crippen molar-refractivity contribution in [3.8, 4) is 0 Å². The Balaban J connectivity index is 1.56. The van der Waals surface area contributed by atoms with Crippen LogP contribution >= 0.6 is 0 Å². The number of methoxy groups -OCH3 is 1. The number of ether oxygens (including phenoxy) is 1. The highest BCUT2D eigenvalue weighted by molar-refractivity contribution is 4.96. The first-order valence-electron chi connectivity index (χ1n) is 8.35. The van der Waals surface area contributed by atoms with E-state index < -0.39 is 0 Å². The fraction of sp³-hybridized carbons (Fsp3) is 1.00. The topological polar surface area (TPSA) is 24.5 Å². The second-order valence-corrected chi connectivity index (χ2v) is 6.81. The summed E-state index contributed by atoms with van der Waals surface area (Å²) in [5, 5.41) is 3.88. The van der Waals surface area contributed by atoms with Crippen LogP contribution in [0.4, 0.5) is 0 Å². The summed E-state index contributed by atoms with van der Waals surface area (Å²) in [6.07, 6.45) is 10.2. The van der Waals surface area contributed by atoms with Crippen LogP contribution in [0.15, 0.2) is 0 Å². The summed E-state index contributed by atoms with van der Waals surface area (Å²) in [5.74, 6) is 1.90. The van der Waals surface area contributed by atoms with Gasteiger partial charge in [-0.1, -0.05) is 19.3 Å². The summed E-state index contributed by atoms with van der Waals surface area (Å²) in [5.41, 5.74) is 0. The molecule has 0 aromatic carbocycles. The van der Waals surface area contributed by atoms with Gasteiger partial charge in [-0.15, -0.1) is 0 Å². The molecule has 0 radical (unpaired) electrons. The third-order valence-corrected chi connectivity index (χ3v) is 5.46. The van der Waals surface area contributed by atoms with Crippen molar-refractivity contribution < 1.29 is 4.74 Å². The van der Waals surface area contributed by atoms with Gasteiger partial charge in [-0.2, -0.15) is 0 Å². The van der Waals surface area contributed by atoms with Gasteiger partial charge in [0.05, 0.1) is 6.61 Å². The van der Waals surface area contributed by atoms with Crippen molar-refractivity contribution in [2.75, 3.05) is 33.4 Å². The zero-order valence-electron chi connectivity index (χ0n) is 12.4. The van der Waals surface area contributed by atoms with E-state index in [2.05, 4.69) is 10.2 Å². The van der Waals surface area contributed by atoms with Gasteiger partial charge in [0.25, 0.3) is 0 Å². The Morgan fingerprint density at radius 2 is 1.84 bits per heavy atom. The van der Waals surface area contributed by atoms with Crippen molar-refractivity contribution in [3.63, 3.8) is 0 Å². The number of nitrogens with zero attached hydrogens (tertiary/aromatic N) is 1. The SMILES string of the molecule is COCCN1CC(C2CCCCC2)NCC1C1CC1. The quantitative estimate of drug-likeness (QED) is 0.826. The van der Waals surface area contributed by atoms with Gasteiger partial charge in [0, 0.05) is 38.8 Å². The van der Waals surface area contributed by atoms with Gasteiger partial charge in [-0.25, -0.2) is 0 Å². The highest BCUT2D eigenvalue weighted by Crippen LogP contribution is 2.37. The molecule has 0 spiro atoms. The number of hydrogen-bond acceptors (Lipinski definition) is 3. The summed E-state index contributed by atoms with van der Waals surface area (Å²) in [4.78, 5) is 2.73. The molecule has 3 heteroatoms. The third-order valence-electron chi connectivity index (χ3n) is 5.46. The zero-order chi connectivity index (χ0) is 13.1. The molecule has 1 saturated heterocycles. The van der Waals surface area contributed by atoms with E-state index in [1.807, 2.05) is 7.11 Å². The lowest BCUT2D eigenvalue weighted by atomic mass is 9.82. The molecule has 3 fully saturated rings. The molecule has 2 atom stereocenters. The molecule has 2 aliphatic carbocycles. The van der Waals surface area contributed by atoms with E-state index in [0.717, 1.165) is 37.1 Å². The highest BCUT2D eigenvalue weighted by Gasteiger charge is 2.40. The molecule has 0 aromatic rings. The summed E-state index contributed by atoms with van der Waals surface area (Å²) in [7, 11) is 1.83. The van der Waals surface area contributed by atoms with Crippen LogP contribution in [0.25, 0.3) is 0 Å². The Morgan fingerprint density at radius 1 is 1.05 bits per heavy atom. The maximum Gasteiger partial charge on any atom is 0.0589 e. The summed E-state index contributed by atoms with van der Waals surface area (Å²) >= 11 is 0. The van der Waals surface area contributed by atoms with Crippen molar-refractivity contribution in [2.24, 2.45) is 11.8 Å². The minimum absolute atomic E-state index is 0.743. The fourth-order valence-electron chi connectivity index (χ4n) is 4.12. The Hall–Kier alpha value is -0.120. The number of nitrogens with one attached hydrogen (secondary N) is 1. The number of piperazine rings is 1. The molecule has 110 valence electrons. The third kappa shape index (κ3) is 3.50. The molecule has 1 N–H and O–H groups in total. The van der Waals surface area contributed by atoms with Crippen LogP contribution in [0, 0.1) is 11.8 Å². The first kappa shape index (κ1) is 13.8. The maximum absolute atomic E-state index is 5.31. The predicted octanol–water partition coefficient (Wildman–Crippen LogP) is 2.27. The molecule has 2 unspecified atom stereocenters. The minimum atomic E-state index is 0.743. The molecule has 19 heavy (non-hydrogen) atoms. The Morgan fingerprint density at radius 3 is 2.53 bits per heavy atom. The van der Waals surface area contributed by atoms with Gasteiger partial charge in [-0.05, 0) is 37.5 Å². The average Bonchev–Trinajstić information content (AvgIpc) is 3.30. The monoisotopic (exact) mass is 266 g/mol. The van der Waals surface area contributed by atoms with E-state index >= 15 is 0 Å². The molecule has 0 aromatic heterocycles. The van der Waals surface area contributed by atoms with Gasteiger partial charge < -0.3 is 10.1 Å². The maximum atomic E-state index is 5.31. The van der Waals surface area contributed by atoms with Gasteiger partial charge in [0.15, 0.2) is 0 Å². The highest BCUT2D eigenvalue weighted by atomic mass is 16.5. The Labute approximate surface area is 118 Å². The molecule has 1 aliphatic heterocycles. The Kier molecular flexibility index (Phi) is 4.78. The lowest BCUT2D eigenvalue weighted by Crippen LogP contribution is -2.60. The van der Waals surface area contributed by atoms with Crippen molar-refractivity contribution in [1.82, 2.24) is 10.2 Å². The normalized spacial score (nSPS) is 34.6. The van der Waals surface area contributed by atoms with E-state index in [1.165, 1.54) is 58.0 Å². The van der Waals surface area contributed by atoms with Crippen molar-refractivity contribution >= 4 is 0 Å². The number of rotatable bonds is 5. The van der Waals surface area contributed by atoms with Crippen molar-refractivity contribution in [1.29, 1.82) is 0 Å². The number of hydrogen-bond donors (Lipinski definition) is 1. The standard InChI is InChI=1S/C16H30N2O/c1-19-10-9-18-12-15(13-5-3-2-4-6-13)17-11-16(18)14-7-8-14/h13-17H,2-12H2,1H3. The molecular formula is C16H30N2O. The van der Waals surface area contributed by atoms with Gasteiger partial charge >= 0.3 is 0 Å². The summed E-state index contributed by atoms with van der Waals surface area (Å²) in [6.45, 7) is 4.49. The smallest absolute Gasteiger partial charge is 0.0589 e. The molecular weight excluding hydrogens is 236 g/mol. The zero-order valence-corrected chi connectivity index (χ0v) is 12.4. The van der Waals surface area contributed by atoms with Crippen LogP contribution < -0.4 is 5.32 Å².